The largest absolute Gasteiger partial charge is 0.495 e. The van der Waals surface area contributed by atoms with Gasteiger partial charge in [0.05, 0.1) is 18.8 Å². The van der Waals surface area contributed by atoms with E-state index in [1.165, 1.54) is 14.0 Å². The summed E-state index contributed by atoms with van der Waals surface area (Å²) in [6.07, 6.45) is -0.821. The number of ether oxygens (including phenoxy) is 1. The maximum absolute atomic E-state index is 12.4. The Bertz CT molecular complexity index is 550. The Morgan fingerprint density at radius 3 is 2.42 bits per heavy atom. The Morgan fingerprint density at radius 1 is 1.37 bits per heavy atom. The van der Waals surface area contributed by atoms with Crippen molar-refractivity contribution >= 4 is 10.0 Å². The van der Waals surface area contributed by atoms with E-state index in [1.807, 2.05) is 0 Å². The highest BCUT2D eigenvalue weighted by Gasteiger charge is 2.32. The fourth-order valence-corrected chi connectivity index (χ4v) is 3.21. The normalized spacial score (nSPS) is 14.2. The first-order chi connectivity index (χ1) is 8.60. The summed E-state index contributed by atoms with van der Waals surface area (Å²) < 4.78 is 32.3. The van der Waals surface area contributed by atoms with Crippen molar-refractivity contribution in [1.82, 2.24) is 4.72 Å². The molecule has 19 heavy (non-hydrogen) atoms. The number of hydrogen-bond acceptors (Lipinski definition) is 4. The molecule has 0 fully saturated rings. The Morgan fingerprint density at radius 2 is 1.95 bits per heavy atom. The van der Waals surface area contributed by atoms with Gasteiger partial charge in [0.25, 0.3) is 0 Å². The highest BCUT2D eigenvalue weighted by Crippen LogP contribution is 2.26. The molecule has 0 spiro atoms. The first-order valence-electron chi connectivity index (χ1n) is 5.97. The first-order valence-corrected chi connectivity index (χ1v) is 7.45. The van der Waals surface area contributed by atoms with Gasteiger partial charge in [-0.05, 0) is 45.4 Å². The van der Waals surface area contributed by atoms with Gasteiger partial charge in [0, 0.05) is 0 Å². The Balaban J connectivity index is 3.25. The van der Waals surface area contributed by atoms with Crippen molar-refractivity contribution in [2.45, 2.75) is 44.2 Å². The van der Waals surface area contributed by atoms with Gasteiger partial charge >= 0.3 is 0 Å². The summed E-state index contributed by atoms with van der Waals surface area (Å²) in [6, 6.07) is 4.93. The van der Waals surface area contributed by atoms with Gasteiger partial charge in [-0.15, -0.1) is 0 Å². The van der Waals surface area contributed by atoms with Crippen LogP contribution >= 0.6 is 0 Å². The topological polar surface area (TPSA) is 75.6 Å². The standard InChI is InChI=1S/C13H21NO4S/c1-9-6-7-11(18-5)12(8-9)19(16,17)14-13(3,4)10(2)15/h6-8,10,14-15H,1-5H3. The van der Waals surface area contributed by atoms with Crippen molar-refractivity contribution in [2.24, 2.45) is 0 Å². The fourth-order valence-electron chi connectivity index (χ4n) is 1.48. The minimum atomic E-state index is -3.76. The van der Waals surface area contributed by atoms with Gasteiger partial charge < -0.3 is 9.84 Å². The van der Waals surface area contributed by atoms with Crippen LogP contribution in [0.15, 0.2) is 23.1 Å². The summed E-state index contributed by atoms with van der Waals surface area (Å²) >= 11 is 0. The molecule has 0 aliphatic heterocycles. The third-order valence-corrected chi connectivity index (χ3v) is 4.74. The van der Waals surface area contributed by atoms with E-state index in [2.05, 4.69) is 4.72 Å². The number of rotatable bonds is 5. The Kier molecular flexibility index (Phi) is 4.60. The maximum atomic E-state index is 12.4. The van der Waals surface area contributed by atoms with Crippen LogP contribution in [0.2, 0.25) is 0 Å². The fraction of sp³-hybridized carbons (Fsp3) is 0.538. The molecule has 0 radical (unpaired) electrons. The molecule has 1 aromatic carbocycles. The number of nitrogens with one attached hydrogen (secondary N) is 1. The minimum Gasteiger partial charge on any atom is -0.495 e. The van der Waals surface area contributed by atoms with Gasteiger partial charge in [-0.25, -0.2) is 13.1 Å². The van der Waals surface area contributed by atoms with Gasteiger partial charge in [0.15, 0.2) is 0 Å². The molecule has 1 atom stereocenters. The number of methoxy groups -OCH3 is 1. The zero-order valence-electron chi connectivity index (χ0n) is 11.9. The van der Waals surface area contributed by atoms with Crippen molar-refractivity contribution in [2.75, 3.05) is 7.11 Å². The lowest BCUT2D eigenvalue weighted by atomic mass is 10.0. The summed E-state index contributed by atoms with van der Waals surface area (Å²) in [5.74, 6) is 0.277. The van der Waals surface area contributed by atoms with Gasteiger partial charge in [-0.3, -0.25) is 0 Å². The molecule has 0 bridgehead atoms. The lowest BCUT2D eigenvalue weighted by molar-refractivity contribution is 0.111. The van der Waals surface area contributed by atoms with Crippen LogP contribution in [0.4, 0.5) is 0 Å². The van der Waals surface area contributed by atoms with Gasteiger partial charge in [0.2, 0.25) is 10.0 Å². The van der Waals surface area contributed by atoms with Gasteiger partial charge in [0.1, 0.15) is 10.6 Å². The highest BCUT2D eigenvalue weighted by atomic mass is 32.2. The van der Waals surface area contributed by atoms with Crippen LogP contribution in [-0.4, -0.2) is 32.3 Å². The van der Waals surface area contributed by atoms with Crippen LogP contribution in [-0.2, 0) is 10.0 Å². The monoisotopic (exact) mass is 287 g/mol. The van der Waals surface area contributed by atoms with Gasteiger partial charge in [-0.1, -0.05) is 6.07 Å². The van der Waals surface area contributed by atoms with Crippen molar-refractivity contribution in [3.63, 3.8) is 0 Å². The summed E-state index contributed by atoms with van der Waals surface area (Å²) in [7, 11) is -2.34. The second-order valence-corrected chi connectivity index (χ2v) is 6.81. The predicted octanol–water partition coefficient (Wildman–Crippen LogP) is 1.44. The molecule has 0 aromatic heterocycles. The van der Waals surface area contributed by atoms with E-state index < -0.39 is 21.7 Å². The molecule has 5 nitrogen and oxygen atoms in total. The zero-order chi connectivity index (χ0) is 14.8. The molecule has 0 aliphatic carbocycles. The van der Waals surface area contributed by atoms with E-state index >= 15 is 0 Å². The lowest BCUT2D eigenvalue weighted by Gasteiger charge is -2.29. The van der Waals surface area contributed by atoms with Crippen LogP contribution in [0.3, 0.4) is 0 Å². The third-order valence-electron chi connectivity index (χ3n) is 3.05. The summed E-state index contributed by atoms with van der Waals surface area (Å²) in [4.78, 5) is 0.0729. The highest BCUT2D eigenvalue weighted by molar-refractivity contribution is 7.89. The predicted molar refractivity (Wildman–Crippen MR) is 73.8 cm³/mol. The molecular formula is C13H21NO4S. The van der Waals surface area contributed by atoms with Crippen molar-refractivity contribution in [3.8, 4) is 5.75 Å². The summed E-state index contributed by atoms with van der Waals surface area (Å²) in [5.41, 5.74) is -0.149. The molecule has 0 saturated carbocycles. The van der Waals surface area contributed by atoms with Crippen molar-refractivity contribution in [3.05, 3.63) is 23.8 Å². The van der Waals surface area contributed by atoms with E-state index in [0.717, 1.165) is 5.56 Å². The number of sulfonamides is 1. The molecule has 2 N–H and O–H groups in total. The number of aliphatic hydroxyl groups excluding tert-OH is 1. The molecule has 1 rings (SSSR count). The van der Waals surface area contributed by atoms with Crippen LogP contribution in [0.1, 0.15) is 26.3 Å². The Labute approximate surface area is 114 Å². The molecule has 1 unspecified atom stereocenters. The van der Waals surface area contributed by atoms with E-state index in [-0.39, 0.29) is 10.6 Å². The molecule has 6 heteroatoms. The maximum Gasteiger partial charge on any atom is 0.244 e. The number of hydrogen-bond donors (Lipinski definition) is 2. The number of aliphatic hydroxyl groups is 1. The minimum absolute atomic E-state index is 0.0729. The van der Waals surface area contributed by atoms with E-state index in [4.69, 9.17) is 4.74 Å². The second-order valence-electron chi connectivity index (χ2n) is 5.16. The summed E-state index contributed by atoms with van der Waals surface area (Å²) in [5, 5.41) is 9.61. The zero-order valence-corrected chi connectivity index (χ0v) is 12.7. The third kappa shape index (κ3) is 3.68. The van der Waals surface area contributed by atoms with Crippen LogP contribution in [0, 0.1) is 6.92 Å². The van der Waals surface area contributed by atoms with E-state index in [1.54, 1.807) is 39.0 Å². The number of benzene rings is 1. The molecule has 0 amide bonds. The first kappa shape index (κ1) is 15.9. The molecule has 1 aromatic rings. The summed E-state index contributed by atoms with van der Waals surface area (Å²) in [6.45, 7) is 6.59. The average Bonchev–Trinajstić information content (AvgIpc) is 2.27. The number of aryl methyl sites for hydroxylation is 1. The molecule has 0 heterocycles. The van der Waals surface area contributed by atoms with Crippen molar-refractivity contribution in [1.29, 1.82) is 0 Å². The lowest BCUT2D eigenvalue weighted by Crippen LogP contribution is -2.50. The van der Waals surface area contributed by atoms with Crippen LogP contribution in [0.5, 0.6) is 5.75 Å². The SMILES string of the molecule is COc1ccc(C)cc1S(=O)(=O)NC(C)(C)C(C)O. The Hall–Kier alpha value is -1.11. The van der Waals surface area contributed by atoms with E-state index in [9.17, 15) is 13.5 Å². The van der Waals surface area contributed by atoms with E-state index in [0.29, 0.717) is 0 Å². The van der Waals surface area contributed by atoms with Crippen molar-refractivity contribution < 1.29 is 18.3 Å². The molecule has 108 valence electrons. The molecule has 0 saturated heterocycles. The quantitative estimate of drug-likeness (QED) is 0.859. The second kappa shape index (κ2) is 5.48. The average molecular weight is 287 g/mol. The van der Waals surface area contributed by atoms with Crippen LogP contribution in [0.25, 0.3) is 0 Å². The molecular weight excluding hydrogens is 266 g/mol. The smallest absolute Gasteiger partial charge is 0.244 e. The van der Waals surface area contributed by atoms with Crippen LogP contribution < -0.4 is 9.46 Å². The van der Waals surface area contributed by atoms with Gasteiger partial charge in [-0.2, -0.15) is 0 Å². The molecule has 0 aliphatic rings.